The van der Waals surface area contributed by atoms with E-state index in [0.717, 1.165) is 37.2 Å². The lowest BCUT2D eigenvalue weighted by Crippen LogP contribution is -2.44. The second kappa shape index (κ2) is 6.97. The molecule has 120 valence electrons. The predicted octanol–water partition coefficient (Wildman–Crippen LogP) is 2.94. The zero-order chi connectivity index (χ0) is 16.1. The van der Waals surface area contributed by atoms with Crippen LogP contribution < -0.4 is 5.73 Å². The molecule has 0 bridgehead atoms. The van der Waals surface area contributed by atoms with Crippen molar-refractivity contribution < 1.29 is 4.79 Å². The molecule has 1 amide bonds. The van der Waals surface area contributed by atoms with E-state index in [1.54, 1.807) is 0 Å². The van der Waals surface area contributed by atoms with Gasteiger partial charge >= 0.3 is 0 Å². The smallest absolute Gasteiger partial charge is 0.232 e. The fourth-order valence-corrected chi connectivity index (χ4v) is 3.64. The molecule has 0 atom stereocenters. The molecule has 2 aromatic rings. The number of carbonyl (C=O) groups is 1. The topological polar surface area (TPSA) is 46.3 Å². The van der Waals surface area contributed by atoms with Crippen LogP contribution in [0.1, 0.15) is 30.4 Å². The van der Waals surface area contributed by atoms with Crippen LogP contribution >= 0.6 is 0 Å². The fraction of sp³-hybridized carbons (Fsp3) is 0.350. The molecule has 3 heteroatoms. The summed E-state index contributed by atoms with van der Waals surface area (Å²) in [5, 5.41) is 0. The first kappa shape index (κ1) is 15.8. The molecule has 0 aliphatic carbocycles. The van der Waals surface area contributed by atoms with Crippen LogP contribution in [0.3, 0.4) is 0 Å². The Hall–Kier alpha value is -2.13. The van der Waals surface area contributed by atoms with E-state index < -0.39 is 5.41 Å². The van der Waals surface area contributed by atoms with Crippen LogP contribution in [0, 0.1) is 0 Å². The Balaban J connectivity index is 2.01. The summed E-state index contributed by atoms with van der Waals surface area (Å²) >= 11 is 0. The van der Waals surface area contributed by atoms with E-state index in [4.69, 9.17) is 5.73 Å². The quantitative estimate of drug-likeness (QED) is 0.892. The van der Waals surface area contributed by atoms with Crippen LogP contribution in [0.2, 0.25) is 0 Å². The number of nitrogens with two attached hydrogens (primary N) is 1. The summed E-state index contributed by atoms with van der Waals surface area (Å²) in [6.45, 7) is 3.14. The molecule has 3 nitrogen and oxygen atoms in total. The zero-order valence-electron chi connectivity index (χ0n) is 13.4. The van der Waals surface area contributed by atoms with Crippen molar-refractivity contribution in [2.75, 3.05) is 19.6 Å². The van der Waals surface area contributed by atoms with Gasteiger partial charge in [-0.05, 0) is 50.0 Å². The first-order chi connectivity index (χ1) is 11.2. The van der Waals surface area contributed by atoms with Crippen LogP contribution in [-0.2, 0) is 10.2 Å². The van der Waals surface area contributed by atoms with Gasteiger partial charge in [0.15, 0.2) is 0 Å². The van der Waals surface area contributed by atoms with Crippen LogP contribution in [0.25, 0.3) is 0 Å². The van der Waals surface area contributed by atoms with Crippen molar-refractivity contribution in [2.45, 2.75) is 24.7 Å². The number of likely N-dealkylation sites (tertiary alicyclic amines) is 1. The van der Waals surface area contributed by atoms with E-state index in [0.29, 0.717) is 0 Å². The fourth-order valence-electron chi connectivity index (χ4n) is 3.64. The van der Waals surface area contributed by atoms with Gasteiger partial charge in [-0.25, -0.2) is 0 Å². The minimum atomic E-state index is -0.759. The Morgan fingerprint density at radius 1 is 0.913 bits per heavy atom. The number of carbonyl (C=O) groups excluding carboxylic acids is 1. The van der Waals surface area contributed by atoms with Crippen molar-refractivity contribution in [3.05, 3.63) is 71.8 Å². The van der Waals surface area contributed by atoms with Gasteiger partial charge in [-0.3, -0.25) is 4.79 Å². The SMILES string of the molecule is NC(=O)C(CCN1CCCC1)(c1ccccc1)c1ccccc1. The molecule has 1 aliphatic heterocycles. The lowest BCUT2D eigenvalue weighted by molar-refractivity contribution is -0.122. The third-order valence-corrected chi connectivity index (χ3v) is 4.96. The standard InChI is InChI=1S/C20H24N2O/c21-19(23)20(17-9-3-1-4-10-17,18-11-5-2-6-12-18)13-16-22-14-7-8-15-22/h1-6,9-12H,7-8,13-16H2,(H2,21,23). The Morgan fingerprint density at radius 3 is 1.83 bits per heavy atom. The van der Waals surface area contributed by atoms with Gasteiger partial charge in [-0.15, -0.1) is 0 Å². The number of hydrogen-bond donors (Lipinski definition) is 1. The van der Waals surface area contributed by atoms with Gasteiger partial charge in [0.25, 0.3) is 0 Å². The van der Waals surface area contributed by atoms with Crippen molar-refractivity contribution >= 4 is 5.91 Å². The van der Waals surface area contributed by atoms with Crippen LogP contribution in [-0.4, -0.2) is 30.4 Å². The number of rotatable bonds is 6. The van der Waals surface area contributed by atoms with Gasteiger partial charge in [-0.2, -0.15) is 0 Å². The average molecular weight is 308 g/mol. The average Bonchev–Trinajstić information content (AvgIpc) is 3.11. The molecular formula is C20H24N2O. The normalized spacial score (nSPS) is 15.7. The number of nitrogens with zero attached hydrogens (tertiary/aromatic N) is 1. The van der Waals surface area contributed by atoms with Crippen LogP contribution in [0.5, 0.6) is 0 Å². The van der Waals surface area contributed by atoms with Crippen LogP contribution in [0.15, 0.2) is 60.7 Å². The third kappa shape index (κ3) is 3.15. The summed E-state index contributed by atoms with van der Waals surface area (Å²) in [5.41, 5.74) is 7.17. The van der Waals surface area contributed by atoms with Crippen molar-refractivity contribution in [3.63, 3.8) is 0 Å². The molecule has 1 fully saturated rings. The Labute approximate surface area is 138 Å². The van der Waals surface area contributed by atoms with E-state index in [1.807, 2.05) is 60.7 Å². The van der Waals surface area contributed by atoms with Crippen molar-refractivity contribution in [1.82, 2.24) is 4.90 Å². The molecule has 0 spiro atoms. The summed E-state index contributed by atoms with van der Waals surface area (Å²) in [6.07, 6.45) is 3.22. The van der Waals surface area contributed by atoms with Gasteiger partial charge in [-0.1, -0.05) is 60.7 Å². The molecule has 23 heavy (non-hydrogen) atoms. The highest BCUT2D eigenvalue weighted by atomic mass is 16.1. The van der Waals surface area contributed by atoms with E-state index in [-0.39, 0.29) is 5.91 Å². The molecule has 1 aliphatic rings. The van der Waals surface area contributed by atoms with Crippen molar-refractivity contribution in [1.29, 1.82) is 0 Å². The van der Waals surface area contributed by atoms with Gasteiger partial charge in [0.1, 0.15) is 0 Å². The molecule has 3 rings (SSSR count). The molecule has 1 heterocycles. The van der Waals surface area contributed by atoms with Gasteiger partial charge in [0.2, 0.25) is 5.91 Å². The lowest BCUT2D eigenvalue weighted by Gasteiger charge is -2.33. The highest BCUT2D eigenvalue weighted by Crippen LogP contribution is 2.36. The van der Waals surface area contributed by atoms with E-state index in [2.05, 4.69) is 4.90 Å². The Morgan fingerprint density at radius 2 is 1.39 bits per heavy atom. The predicted molar refractivity (Wildman–Crippen MR) is 93.1 cm³/mol. The summed E-state index contributed by atoms with van der Waals surface area (Å²) < 4.78 is 0. The second-order valence-electron chi connectivity index (χ2n) is 6.30. The molecule has 2 aromatic carbocycles. The summed E-state index contributed by atoms with van der Waals surface area (Å²) in [5.74, 6) is -0.269. The molecule has 1 saturated heterocycles. The highest BCUT2D eigenvalue weighted by Gasteiger charge is 2.40. The first-order valence-electron chi connectivity index (χ1n) is 8.37. The minimum absolute atomic E-state index is 0.269. The molecule has 0 saturated carbocycles. The maximum atomic E-state index is 12.6. The third-order valence-electron chi connectivity index (χ3n) is 4.96. The maximum absolute atomic E-state index is 12.6. The molecular weight excluding hydrogens is 284 g/mol. The summed E-state index contributed by atoms with van der Waals surface area (Å²) in [4.78, 5) is 15.1. The maximum Gasteiger partial charge on any atom is 0.232 e. The molecule has 0 aromatic heterocycles. The molecule has 2 N–H and O–H groups in total. The largest absolute Gasteiger partial charge is 0.369 e. The van der Waals surface area contributed by atoms with Crippen LogP contribution in [0.4, 0.5) is 0 Å². The first-order valence-corrected chi connectivity index (χ1v) is 8.37. The number of amides is 1. The van der Waals surface area contributed by atoms with E-state index >= 15 is 0 Å². The summed E-state index contributed by atoms with van der Waals surface area (Å²) in [7, 11) is 0. The minimum Gasteiger partial charge on any atom is -0.369 e. The summed E-state index contributed by atoms with van der Waals surface area (Å²) in [6, 6.07) is 19.9. The van der Waals surface area contributed by atoms with E-state index in [9.17, 15) is 4.79 Å². The highest BCUT2D eigenvalue weighted by molar-refractivity contribution is 5.90. The Kier molecular flexibility index (Phi) is 4.77. The Bertz CT molecular complexity index is 594. The van der Waals surface area contributed by atoms with Crippen molar-refractivity contribution in [3.8, 4) is 0 Å². The van der Waals surface area contributed by atoms with E-state index in [1.165, 1.54) is 12.8 Å². The molecule has 0 radical (unpaired) electrons. The van der Waals surface area contributed by atoms with Crippen molar-refractivity contribution in [2.24, 2.45) is 5.73 Å². The zero-order valence-corrected chi connectivity index (χ0v) is 13.4. The monoisotopic (exact) mass is 308 g/mol. The number of benzene rings is 2. The number of primary amides is 1. The van der Waals surface area contributed by atoms with Gasteiger partial charge < -0.3 is 10.6 Å². The van der Waals surface area contributed by atoms with Gasteiger partial charge in [0.05, 0.1) is 5.41 Å². The lowest BCUT2D eigenvalue weighted by atomic mass is 9.71. The second-order valence-corrected chi connectivity index (χ2v) is 6.30. The van der Waals surface area contributed by atoms with Gasteiger partial charge in [0, 0.05) is 0 Å². The number of hydrogen-bond acceptors (Lipinski definition) is 2. The molecule has 0 unspecified atom stereocenters.